The van der Waals surface area contributed by atoms with E-state index >= 15 is 0 Å². The Balaban J connectivity index is 1.87. The first kappa shape index (κ1) is 17.0. The smallest absolute Gasteiger partial charge is 0.227 e. The van der Waals surface area contributed by atoms with Crippen LogP contribution in [-0.4, -0.2) is 45.7 Å². The number of carbonyl (C=O) groups is 1. The molecule has 0 N–H and O–H groups in total. The molecule has 0 radical (unpaired) electrons. The van der Waals surface area contributed by atoms with Crippen molar-refractivity contribution in [3.05, 3.63) is 42.0 Å². The lowest BCUT2D eigenvalue weighted by Crippen LogP contribution is -2.52. The molecule has 0 saturated carbocycles. The zero-order valence-electron chi connectivity index (χ0n) is 14.3. The van der Waals surface area contributed by atoms with Gasteiger partial charge in [-0.3, -0.25) is 9.00 Å². The van der Waals surface area contributed by atoms with Gasteiger partial charge in [0, 0.05) is 29.1 Å². The molecule has 2 aromatic rings. The maximum atomic E-state index is 12.8. The van der Waals surface area contributed by atoms with Gasteiger partial charge in [-0.25, -0.2) is 0 Å². The van der Waals surface area contributed by atoms with Gasteiger partial charge in [0.15, 0.2) is 0 Å². The van der Waals surface area contributed by atoms with E-state index in [-0.39, 0.29) is 17.2 Å². The van der Waals surface area contributed by atoms with Gasteiger partial charge in [0.2, 0.25) is 5.91 Å². The molecule has 0 aromatic heterocycles. The van der Waals surface area contributed by atoms with Crippen LogP contribution in [0.4, 0.5) is 0 Å². The maximum Gasteiger partial charge on any atom is 0.227 e. The van der Waals surface area contributed by atoms with Crippen molar-refractivity contribution in [2.24, 2.45) is 0 Å². The quantitative estimate of drug-likeness (QED) is 0.859. The second-order valence-electron chi connectivity index (χ2n) is 6.30. The molecular weight excluding hydrogens is 322 g/mol. The van der Waals surface area contributed by atoms with Gasteiger partial charge in [0.05, 0.1) is 18.8 Å². The van der Waals surface area contributed by atoms with Crippen molar-refractivity contribution in [3.8, 4) is 5.75 Å². The van der Waals surface area contributed by atoms with Gasteiger partial charge in [-0.1, -0.05) is 24.3 Å². The molecule has 1 heterocycles. The van der Waals surface area contributed by atoms with Gasteiger partial charge in [-0.15, -0.1) is 0 Å². The van der Waals surface area contributed by atoms with Crippen molar-refractivity contribution in [2.45, 2.75) is 31.6 Å². The first-order valence-electron chi connectivity index (χ1n) is 8.23. The third-order valence-electron chi connectivity index (χ3n) is 4.96. The zero-order valence-corrected chi connectivity index (χ0v) is 15.1. The van der Waals surface area contributed by atoms with Crippen LogP contribution in [0.5, 0.6) is 5.75 Å². The molecule has 1 aliphatic heterocycles. The fourth-order valence-corrected chi connectivity index (χ4v) is 4.60. The summed E-state index contributed by atoms with van der Waals surface area (Å²) >= 11 is 0. The Bertz CT molecular complexity index is 789. The summed E-state index contributed by atoms with van der Waals surface area (Å²) in [5, 5.41) is 2.17. The molecule has 3 atom stereocenters. The highest BCUT2D eigenvalue weighted by Gasteiger charge is 2.32. The summed E-state index contributed by atoms with van der Waals surface area (Å²) in [4.78, 5) is 14.7. The summed E-state index contributed by atoms with van der Waals surface area (Å²) in [5.74, 6) is 1.46. The number of ether oxygens (including phenoxy) is 1. The number of benzene rings is 2. The number of nitrogens with zero attached hydrogens (tertiary/aromatic N) is 1. The lowest BCUT2D eigenvalue weighted by molar-refractivity contribution is -0.132. The van der Waals surface area contributed by atoms with Gasteiger partial charge in [-0.2, -0.15) is 0 Å². The highest BCUT2D eigenvalue weighted by atomic mass is 32.2. The topological polar surface area (TPSA) is 46.6 Å². The first-order chi connectivity index (χ1) is 11.5. The predicted octanol–water partition coefficient (Wildman–Crippen LogP) is 2.76. The average molecular weight is 345 g/mol. The monoisotopic (exact) mass is 345 g/mol. The minimum Gasteiger partial charge on any atom is -0.497 e. The lowest BCUT2D eigenvalue weighted by Gasteiger charge is -2.37. The Morgan fingerprint density at radius 2 is 2.08 bits per heavy atom. The highest BCUT2D eigenvalue weighted by Crippen LogP contribution is 2.25. The van der Waals surface area contributed by atoms with E-state index in [0.717, 1.165) is 22.1 Å². The van der Waals surface area contributed by atoms with Crippen LogP contribution in [0.25, 0.3) is 10.8 Å². The summed E-state index contributed by atoms with van der Waals surface area (Å²) in [5.41, 5.74) is 1.00. The molecular formula is C19H23NO3S. The van der Waals surface area contributed by atoms with E-state index in [1.807, 2.05) is 55.1 Å². The minimum absolute atomic E-state index is 0.0107. The Labute approximate surface area is 145 Å². The second-order valence-corrected chi connectivity index (χ2v) is 8.21. The van der Waals surface area contributed by atoms with Crippen LogP contribution in [0.1, 0.15) is 19.4 Å². The number of methoxy groups -OCH3 is 1. The SMILES string of the molecule is COc1ccc2cccc(CC(=O)N3CC[S@](=O)[C@@H](C)[C@@H]3C)c2c1. The van der Waals surface area contributed by atoms with Crippen LogP contribution >= 0.6 is 0 Å². The van der Waals surface area contributed by atoms with Gasteiger partial charge in [0.1, 0.15) is 5.75 Å². The Hall–Kier alpha value is -1.88. The Morgan fingerprint density at radius 1 is 1.29 bits per heavy atom. The van der Waals surface area contributed by atoms with Gasteiger partial charge in [0.25, 0.3) is 0 Å². The van der Waals surface area contributed by atoms with E-state index in [1.165, 1.54) is 0 Å². The summed E-state index contributed by atoms with van der Waals surface area (Å²) in [6.45, 7) is 4.53. The van der Waals surface area contributed by atoms with Crippen molar-refractivity contribution in [1.82, 2.24) is 4.90 Å². The van der Waals surface area contributed by atoms with Crippen LogP contribution < -0.4 is 4.74 Å². The molecule has 1 aliphatic rings. The molecule has 3 rings (SSSR count). The molecule has 5 heteroatoms. The summed E-state index contributed by atoms with van der Waals surface area (Å²) in [7, 11) is 0.809. The number of amides is 1. The van der Waals surface area contributed by atoms with E-state index in [9.17, 15) is 9.00 Å². The zero-order chi connectivity index (χ0) is 17.3. The molecule has 0 aliphatic carbocycles. The van der Waals surface area contributed by atoms with Gasteiger partial charge in [-0.05, 0) is 42.3 Å². The largest absolute Gasteiger partial charge is 0.497 e. The first-order valence-corrected chi connectivity index (χ1v) is 9.61. The molecule has 24 heavy (non-hydrogen) atoms. The van der Waals surface area contributed by atoms with Gasteiger partial charge >= 0.3 is 0 Å². The fourth-order valence-electron chi connectivity index (χ4n) is 3.26. The average Bonchev–Trinajstić information content (AvgIpc) is 2.59. The molecule has 128 valence electrons. The van der Waals surface area contributed by atoms with E-state index in [1.54, 1.807) is 7.11 Å². The number of carbonyl (C=O) groups excluding carboxylic acids is 1. The van der Waals surface area contributed by atoms with Crippen molar-refractivity contribution < 1.29 is 13.7 Å². The molecule has 4 nitrogen and oxygen atoms in total. The van der Waals surface area contributed by atoms with Crippen LogP contribution in [0.2, 0.25) is 0 Å². The Morgan fingerprint density at radius 3 is 2.83 bits per heavy atom. The van der Waals surface area contributed by atoms with Gasteiger partial charge < -0.3 is 9.64 Å². The predicted molar refractivity (Wildman–Crippen MR) is 97.9 cm³/mol. The van der Waals surface area contributed by atoms with Crippen molar-refractivity contribution >= 4 is 27.5 Å². The molecule has 0 bridgehead atoms. The molecule has 0 spiro atoms. The second kappa shape index (κ2) is 6.93. The van der Waals surface area contributed by atoms with E-state index < -0.39 is 10.8 Å². The van der Waals surface area contributed by atoms with E-state index in [4.69, 9.17) is 4.74 Å². The van der Waals surface area contributed by atoms with Crippen LogP contribution in [0.3, 0.4) is 0 Å². The molecule has 1 fully saturated rings. The van der Waals surface area contributed by atoms with Crippen molar-refractivity contribution in [2.75, 3.05) is 19.4 Å². The van der Waals surface area contributed by atoms with E-state index in [0.29, 0.717) is 18.7 Å². The minimum atomic E-state index is -0.836. The third kappa shape index (κ3) is 3.18. The molecule has 1 amide bonds. The summed E-state index contributed by atoms with van der Waals surface area (Å²) in [6, 6.07) is 11.9. The van der Waals surface area contributed by atoms with Crippen LogP contribution in [0.15, 0.2) is 36.4 Å². The number of fused-ring (bicyclic) bond motifs is 1. The molecule has 0 unspecified atom stereocenters. The molecule has 2 aromatic carbocycles. The van der Waals surface area contributed by atoms with Crippen LogP contribution in [-0.2, 0) is 22.0 Å². The number of hydrogen-bond donors (Lipinski definition) is 0. The van der Waals surface area contributed by atoms with Crippen LogP contribution in [0, 0.1) is 0 Å². The fraction of sp³-hybridized carbons (Fsp3) is 0.421. The number of rotatable bonds is 3. The number of hydrogen-bond acceptors (Lipinski definition) is 3. The normalized spacial score (nSPS) is 24.1. The van der Waals surface area contributed by atoms with Crippen molar-refractivity contribution in [3.63, 3.8) is 0 Å². The summed E-state index contributed by atoms with van der Waals surface area (Å²) in [6.07, 6.45) is 0.355. The Kier molecular flexibility index (Phi) is 4.90. The molecule has 1 saturated heterocycles. The maximum absolute atomic E-state index is 12.8. The standard InChI is InChI=1S/C19H23NO3S/c1-13-14(2)24(22)10-9-20(13)19(21)11-16-6-4-5-15-7-8-17(23-3)12-18(15)16/h4-8,12-14H,9-11H2,1-3H3/t13-,14-,24-/m0/s1. The third-order valence-corrected chi connectivity index (χ3v) is 6.77. The highest BCUT2D eigenvalue weighted by molar-refractivity contribution is 7.85. The lowest BCUT2D eigenvalue weighted by atomic mass is 10.0. The van der Waals surface area contributed by atoms with E-state index in [2.05, 4.69) is 0 Å². The van der Waals surface area contributed by atoms with Crippen molar-refractivity contribution in [1.29, 1.82) is 0 Å². The summed E-state index contributed by atoms with van der Waals surface area (Å²) < 4.78 is 17.2.